The second kappa shape index (κ2) is 5.55. The monoisotopic (exact) mass is 327 g/mol. The van der Waals surface area contributed by atoms with Crippen LogP contribution in [0.5, 0.6) is 0 Å². The van der Waals surface area contributed by atoms with Crippen LogP contribution in [0.25, 0.3) is 5.65 Å². The van der Waals surface area contributed by atoms with E-state index in [2.05, 4.69) is 20.0 Å². The molecule has 1 unspecified atom stereocenters. The number of hydrogen-bond donors (Lipinski definition) is 1. The fraction of sp³-hybridized carbons (Fsp3) is 0.250. The van der Waals surface area contributed by atoms with Crippen LogP contribution in [-0.2, 0) is 0 Å². The van der Waals surface area contributed by atoms with Gasteiger partial charge >= 0.3 is 5.97 Å². The summed E-state index contributed by atoms with van der Waals surface area (Å²) in [4.78, 5) is 21.7. The molecular formula is C16H14FN5O2. The van der Waals surface area contributed by atoms with Crippen LogP contribution in [0.4, 0.5) is 10.2 Å². The molecule has 0 aromatic carbocycles. The summed E-state index contributed by atoms with van der Waals surface area (Å²) < 4.78 is 14.9. The molecule has 7 nitrogen and oxygen atoms in total. The zero-order chi connectivity index (χ0) is 16.7. The van der Waals surface area contributed by atoms with Gasteiger partial charge in [-0.2, -0.15) is 5.10 Å². The topological polar surface area (TPSA) is 83.6 Å². The van der Waals surface area contributed by atoms with E-state index in [1.54, 1.807) is 18.5 Å². The molecule has 1 N–H and O–H groups in total. The first kappa shape index (κ1) is 14.6. The van der Waals surface area contributed by atoms with Crippen molar-refractivity contribution in [1.82, 2.24) is 19.6 Å². The zero-order valence-corrected chi connectivity index (χ0v) is 12.6. The largest absolute Gasteiger partial charge is 0.477 e. The van der Waals surface area contributed by atoms with Crippen LogP contribution in [0.15, 0.2) is 36.9 Å². The van der Waals surface area contributed by atoms with E-state index in [4.69, 9.17) is 0 Å². The lowest BCUT2D eigenvalue weighted by molar-refractivity contribution is 0.0699. The van der Waals surface area contributed by atoms with Gasteiger partial charge in [-0.25, -0.2) is 18.7 Å². The number of carboxylic acids is 1. The average molecular weight is 327 g/mol. The van der Waals surface area contributed by atoms with Crippen LogP contribution in [0.1, 0.15) is 34.8 Å². The van der Waals surface area contributed by atoms with Crippen molar-refractivity contribution in [3.8, 4) is 0 Å². The molecule has 0 saturated carbocycles. The highest BCUT2D eigenvalue weighted by molar-refractivity contribution is 5.94. The summed E-state index contributed by atoms with van der Waals surface area (Å²) >= 11 is 0. The molecule has 1 fully saturated rings. The number of pyridine rings is 1. The zero-order valence-electron chi connectivity index (χ0n) is 12.6. The summed E-state index contributed by atoms with van der Waals surface area (Å²) in [5, 5.41) is 13.2. The molecule has 1 atom stereocenters. The van der Waals surface area contributed by atoms with Crippen LogP contribution in [-0.4, -0.2) is 37.2 Å². The number of hydrogen-bond acceptors (Lipinski definition) is 5. The van der Waals surface area contributed by atoms with Gasteiger partial charge in [0, 0.05) is 18.9 Å². The molecule has 0 bridgehead atoms. The molecule has 8 heteroatoms. The molecule has 3 aromatic rings. The third-order valence-corrected chi connectivity index (χ3v) is 4.24. The Morgan fingerprint density at radius 3 is 3.00 bits per heavy atom. The Kier molecular flexibility index (Phi) is 3.37. The predicted octanol–water partition coefficient (Wildman–Crippen LogP) is 2.30. The molecule has 4 heterocycles. The van der Waals surface area contributed by atoms with E-state index in [9.17, 15) is 14.3 Å². The van der Waals surface area contributed by atoms with Crippen molar-refractivity contribution in [1.29, 1.82) is 0 Å². The average Bonchev–Trinajstić information content (AvgIpc) is 3.21. The fourth-order valence-electron chi connectivity index (χ4n) is 3.17. The smallest absolute Gasteiger partial charge is 0.341 e. The van der Waals surface area contributed by atoms with Gasteiger partial charge in [0.1, 0.15) is 17.2 Å². The van der Waals surface area contributed by atoms with E-state index < -0.39 is 5.97 Å². The Labute approximate surface area is 136 Å². The van der Waals surface area contributed by atoms with Crippen molar-refractivity contribution in [2.24, 2.45) is 0 Å². The van der Waals surface area contributed by atoms with Gasteiger partial charge in [0.25, 0.3) is 0 Å². The Bertz CT molecular complexity index is 926. The number of carboxylic acid groups (broad SMARTS) is 1. The van der Waals surface area contributed by atoms with Crippen molar-refractivity contribution in [2.75, 3.05) is 11.4 Å². The highest BCUT2D eigenvalue weighted by atomic mass is 19.1. The Hall–Kier alpha value is -3.03. The molecule has 0 aliphatic carbocycles. The lowest BCUT2D eigenvalue weighted by Gasteiger charge is -2.26. The highest BCUT2D eigenvalue weighted by Gasteiger charge is 2.28. The molecule has 4 rings (SSSR count). The van der Waals surface area contributed by atoms with Crippen LogP contribution in [0, 0.1) is 5.82 Å². The standard InChI is InChI=1S/C16H14FN5O2/c17-11-6-10(7-18-8-11)13-2-1-4-21(13)14-3-5-22-15(20-14)12(9-19-22)16(23)24/h3,5-9,13H,1-2,4H2,(H,23,24). The van der Waals surface area contributed by atoms with Crippen molar-refractivity contribution in [2.45, 2.75) is 18.9 Å². The van der Waals surface area contributed by atoms with Gasteiger partial charge in [-0.3, -0.25) is 4.98 Å². The van der Waals surface area contributed by atoms with Gasteiger partial charge in [-0.1, -0.05) is 0 Å². The van der Waals surface area contributed by atoms with E-state index in [0.717, 1.165) is 24.9 Å². The number of nitrogens with zero attached hydrogens (tertiary/aromatic N) is 5. The normalized spacial score (nSPS) is 17.5. The van der Waals surface area contributed by atoms with Gasteiger partial charge in [0.05, 0.1) is 18.4 Å². The molecule has 1 aliphatic heterocycles. The summed E-state index contributed by atoms with van der Waals surface area (Å²) in [6.45, 7) is 0.765. The minimum atomic E-state index is -1.07. The lowest BCUT2D eigenvalue weighted by Crippen LogP contribution is -2.24. The van der Waals surface area contributed by atoms with Crippen LogP contribution in [0.2, 0.25) is 0 Å². The Balaban J connectivity index is 1.75. The number of carbonyl (C=O) groups is 1. The molecular weight excluding hydrogens is 313 g/mol. The van der Waals surface area contributed by atoms with Gasteiger partial charge in [-0.05, 0) is 30.5 Å². The summed E-state index contributed by atoms with van der Waals surface area (Å²) in [7, 11) is 0. The molecule has 0 amide bonds. The molecule has 1 saturated heterocycles. The minimum absolute atomic E-state index is 0.0284. The van der Waals surface area contributed by atoms with E-state index in [1.807, 2.05) is 0 Å². The molecule has 0 spiro atoms. The third-order valence-electron chi connectivity index (χ3n) is 4.24. The molecule has 3 aromatic heterocycles. The molecule has 24 heavy (non-hydrogen) atoms. The number of anilines is 1. The number of aromatic nitrogens is 4. The van der Waals surface area contributed by atoms with E-state index in [-0.39, 0.29) is 17.4 Å². The highest BCUT2D eigenvalue weighted by Crippen LogP contribution is 2.35. The summed E-state index contributed by atoms with van der Waals surface area (Å²) in [5.74, 6) is -0.786. The van der Waals surface area contributed by atoms with E-state index >= 15 is 0 Å². The second-order valence-corrected chi connectivity index (χ2v) is 5.71. The summed E-state index contributed by atoms with van der Waals surface area (Å²) in [5.41, 5.74) is 1.14. The van der Waals surface area contributed by atoms with E-state index in [1.165, 1.54) is 23.0 Å². The number of aromatic carboxylic acids is 1. The predicted molar refractivity (Wildman–Crippen MR) is 83.5 cm³/mol. The van der Waals surface area contributed by atoms with Crippen LogP contribution in [0.3, 0.4) is 0 Å². The van der Waals surface area contributed by atoms with Crippen LogP contribution < -0.4 is 4.90 Å². The van der Waals surface area contributed by atoms with Crippen molar-refractivity contribution >= 4 is 17.4 Å². The number of rotatable bonds is 3. The lowest BCUT2D eigenvalue weighted by atomic mass is 10.1. The molecule has 122 valence electrons. The number of fused-ring (bicyclic) bond motifs is 1. The van der Waals surface area contributed by atoms with Crippen molar-refractivity contribution < 1.29 is 14.3 Å². The maximum Gasteiger partial charge on any atom is 0.341 e. The van der Waals surface area contributed by atoms with Gasteiger partial charge in [0.2, 0.25) is 0 Å². The molecule has 0 radical (unpaired) electrons. The summed E-state index contributed by atoms with van der Waals surface area (Å²) in [6, 6.07) is 3.24. The maximum absolute atomic E-state index is 13.5. The fourth-order valence-corrected chi connectivity index (χ4v) is 3.17. The van der Waals surface area contributed by atoms with Gasteiger partial charge in [-0.15, -0.1) is 0 Å². The van der Waals surface area contributed by atoms with Gasteiger partial charge < -0.3 is 10.0 Å². The Morgan fingerprint density at radius 2 is 2.21 bits per heavy atom. The van der Waals surface area contributed by atoms with Crippen molar-refractivity contribution in [3.63, 3.8) is 0 Å². The first-order chi connectivity index (χ1) is 11.6. The second-order valence-electron chi connectivity index (χ2n) is 5.71. The SMILES string of the molecule is O=C(O)c1cnn2ccc(N3CCCC3c3cncc(F)c3)nc12. The number of halogens is 1. The third kappa shape index (κ3) is 2.36. The summed E-state index contributed by atoms with van der Waals surface area (Å²) in [6.07, 6.45) is 7.61. The maximum atomic E-state index is 13.5. The van der Waals surface area contributed by atoms with Crippen molar-refractivity contribution in [3.05, 3.63) is 53.9 Å². The van der Waals surface area contributed by atoms with Gasteiger partial charge in [0.15, 0.2) is 5.65 Å². The Morgan fingerprint density at radius 1 is 1.33 bits per heavy atom. The first-order valence-electron chi connectivity index (χ1n) is 7.58. The minimum Gasteiger partial charge on any atom is -0.477 e. The van der Waals surface area contributed by atoms with E-state index in [0.29, 0.717) is 11.5 Å². The quantitative estimate of drug-likeness (QED) is 0.795. The first-order valence-corrected chi connectivity index (χ1v) is 7.58. The van der Waals surface area contributed by atoms with Crippen LogP contribution >= 0.6 is 0 Å². The molecule has 1 aliphatic rings.